The van der Waals surface area contributed by atoms with Crippen LogP contribution in [0.4, 0.5) is 0 Å². The number of aryl methyl sites for hydroxylation is 1. The Morgan fingerprint density at radius 2 is 1.96 bits per heavy atom. The fraction of sp³-hybridized carbons (Fsp3) is 0.444. The second-order valence-corrected chi connectivity index (χ2v) is 6.04. The third-order valence-electron chi connectivity index (χ3n) is 4.20. The van der Waals surface area contributed by atoms with Crippen molar-refractivity contribution in [3.63, 3.8) is 0 Å². The number of methoxy groups -OCH3 is 1. The van der Waals surface area contributed by atoms with Crippen molar-refractivity contribution in [1.82, 2.24) is 10.5 Å². The summed E-state index contributed by atoms with van der Waals surface area (Å²) in [6.45, 7) is 5.21. The number of rotatable bonds is 6. The Bertz CT molecular complexity index is 732. The molecule has 0 bridgehead atoms. The van der Waals surface area contributed by atoms with Gasteiger partial charge in [0.15, 0.2) is 11.5 Å². The number of amides is 1. The number of hydrogen-bond donors (Lipinski definition) is 1. The van der Waals surface area contributed by atoms with E-state index in [1.54, 1.807) is 14.0 Å². The smallest absolute Gasteiger partial charge is 0.257 e. The molecule has 1 amide bonds. The van der Waals surface area contributed by atoms with Crippen LogP contribution in [0.5, 0.6) is 5.75 Å². The predicted molar refractivity (Wildman–Crippen MR) is 90.5 cm³/mol. The van der Waals surface area contributed by atoms with Gasteiger partial charge in [0, 0.05) is 18.5 Å². The maximum absolute atomic E-state index is 12.6. The van der Waals surface area contributed by atoms with Crippen LogP contribution in [0.15, 0.2) is 28.8 Å². The zero-order valence-corrected chi connectivity index (χ0v) is 14.6. The van der Waals surface area contributed by atoms with Crippen molar-refractivity contribution in [1.29, 1.82) is 0 Å². The van der Waals surface area contributed by atoms with Gasteiger partial charge in [-0.25, -0.2) is 0 Å². The van der Waals surface area contributed by atoms with Crippen LogP contribution >= 0.6 is 0 Å². The van der Waals surface area contributed by atoms with Crippen LogP contribution in [0.25, 0.3) is 11.3 Å². The highest BCUT2D eigenvalue weighted by molar-refractivity contribution is 6.00. The summed E-state index contributed by atoms with van der Waals surface area (Å²) in [7, 11) is 1.60. The van der Waals surface area contributed by atoms with Crippen LogP contribution in [0, 0.1) is 6.92 Å². The lowest BCUT2D eigenvalue weighted by molar-refractivity contribution is -0.145. The summed E-state index contributed by atoms with van der Waals surface area (Å²) in [4.78, 5) is 12.6. The molecule has 0 radical (unpaired) electrons. The van der Waals surface area contributed by atoms with Crippen LogP contribution in [0.2, 0.25) is 0 Å². The van der Waals surface area contributed by atoms with Gasteiger partial charge >= 0.3 is 0 Å². The molecule has 1 saturated heterocycles. The highest BCUT2D eigenvalue weighted by Crippen LogP contribution is 2.28. The van der Waals surface area contributed by atoms with Crippen molar-refractivity contribution in [3.05, 3.63) is 35.5 Å². The first-order valence-electron chi connectivity index (χ1n) is 8.19. The van der Waals surface area contributed by atoms with Crippen molar-refractivity contribution < 1.29 is 23.5 Å². The van der Waals surface area contributed by atoms with E-state index in [1.165, 1.54) is 0 Å². The minimum atomic E-state index is -0.629. The summed E-state index contributed by atoms with van der Waals surface area (Å²) < 4.78 is 21.6. The zero-order valence-electron chi connectivity index (χ0n) is 14.6. The van der Waals surface area contributed by atoms with Gasteiger partial charge in [0.1, 0.15) is 11.3 Å². The number of ether oxygens (including phenoxy) is 3. The van der Waals surface area contributed by atoms with Crippen molar-refractivity contribution >= 4 is 5.91 Å². The van der Waals surface area contributed by atoms with E-state index in [1.807, 2.05) is 31.2 Å². The SMILES string of the molecule is COc1ccc(-c2onc(C)c2C(=O)NCCC2(C)OCCO2)cc1. The molecule has 1 aromatic heterocycles. The van der Waals surface area contributed by atoms with Crippen molar-refractivity contribution in [2.75, 3.05) is 26.9 Å². The van der Waals surface area contributed by atoms with E-state index < -0.39 is 5.79 Å². The minimum absolute atomic E-state index is 0.230. The molecule has 2 aromatic rings. The van der Waals surface area contributed by atoms with Crippen LogP contribution in [0.3, 0.4) is 0 Å². The van der Waals surface area contributed by atoms with E-state index in [-0.39, 0.29) is 5.91 Å². The summed E-state index contributed by atoms with van der Waals surface area (Å²) in [5.74, 6) is 0.315. The highest BCUT2D eigenvalue weighted by atomic mass is 16.7. The van der Waals surface area contributed by atoms with Gasteiger partial charge in [-0.1, -0.05) is 5.16 Å². The molecule has 1 fully saturated rings. The molecule has 1 aliphatic heterocycles. The molecule has 0 aliphatic carbocycles. The normalized spacial score (nSPS) is 16.0. The quantitative estimate of drug-likeness (QED) is 0.865. The Hall–Kier alpha value is -2.38. The molecule has 1 aromatic carbocycles. The topological polar surface area (TPSA) is 82.8 Å². The standard InChI is InChI=1S/C18H22N2O5/c1-12-15(17(21)19-9-8-18(2)23-10-11-24-18)16(25-20-12)13-4-6-14(22-3)7-5-13/h4-7H,8-11H2,1-3H3,(H,19,21). The van der Waals surface area contributed by atoms with Gasteiger partial charge in [0.25, 0.3) is 5.91 Å². The molecule has 7 nitrogen and oxygen atoms in total. The molecule has 0 saturated carbocycles. The summed E-state index contributed by atoms with van der Waals surface area (Å²) in [6, 6.07) is 7.28. The zero-order chi connectivity index (χ0) is 17.9. The Balaban J connectivity index is 1.70. The number of nitrogens with one attached hydrogen (secondary N) is 1. The summed E-state index contributed by atoms with van der Waals surface area (Å²) in [6.07, 6.45) is 0.570. The van der Waals surface area contributed by atoms with Crippen LogP contribution in [-0.4, -0.2) is 43.7 Å². The van der Waals surface area contributed by atoms with Gasteiger partial charge in [-0.05, 0) is 38.1 Å². The Labute approximate surface area is 146 Å². The van der Waals surface area contributed by atoms with Crippen molar-refractivity contribution in [3.8, 4) is 17.1 Å². The molecule has 0 atom stereocenters. The Morgan fingerprint density at radius 3 is 2.60 bits per heavy atom. The molecule has 2 heterocycles. The molecule has 1 aliphatic rings. The molecular weight excluding hydrogens is 324 g/mol. The lowest BCUT2D eigenvalue weighted by Crippen LogP contribution is -2.33. The molecule has 25 heavy (non-hydrogen) atoms. The lowest BCUT2D eigenvalue weighted by Gasteiger charge is -2.22. The molecule has 0 unspecified atom stereocenters. The van der Waals surface area contributed by atoms with Gasteiger partial charge in [-0.3, -0.25) is 4.79 Å². The molecule has 134 valence electrons. The number of carbonyl (C=O) groups excluding carboxylic acids is 1. The largest absolute Gasteiger partial charge is 0.497 e. The predicted octanol–water partition coefficient (Wildman–Crippen LogP) is 2.54. The maximum Gasteiger partial charge on any atom is 0.257 e. The number of benzene rings is 1. The van der Waals surface area contributed by atoms with Gasteiger partial charge in [0.2, 0.25) is 0 Å². The highest BCUT2D eigenvalue weighted by Gasteiger charge is 2.31. The van der Waals surface area contributed by atoms with Crippen LogP contribution in [-0.2, 0) is 9.47 Å². The first-order valence-corrected chi connectivity index (χ1v) is 8.19. The number of hydrogen-bond acceptors (Lipinski definition) is 6. The third kappa shape index (κ3) is 3.83. The first-order chi connectivity index (χ1) is 12.0. The lowest BCUT2D eigenvalue weighted by atomic mass is 10.1. The van der Waals surface area contributed by atoms with Gasteiger partial charge in [0.05, 0.1) is 26.0 Å². The van der Waals surface area contributed by atoms with E-state index in [9.17, 15) is 4.79 Å². The van der Waals surface area contributed by atoms with E-state index >= 15 is 0 Å². The summed E-state index contributed by atoms with van der Waals surface area (Å²) in [5.41, 5.74) is 1.74. The second-order valence-electron chi connectivity index (χ2n) is 6.04. The molecule has 3 rings (SSSR count). The molecule has 7 heteroatoms. The van der Waals surface area contributed by atoms with E-state index in [4.69, 9.17) is 18.7 Å². The number of aromatic nitrogens is 1. The van der Waals surface area contributed by atoms with Gasteiger partial charge in [-0.15, -0.1) is 0 Å². The maximum atomic E-state index is 12.6. The molecule has 1 N–H and O–H groups in total. The van der Waals surface area contributed by atoms with Crippen LogP contribution < -0.4 is 10.1 Å². The van der Waals surface area contributed by atoms with E-state index in [0.29, 0.717) is 43.2 Å². The second kappa shape index (κ2) is 7.25. The summed E-state index contributed by atoms with van der Waals surface area (Å²) in [5, 5.41) is 6.83. The molecule has 0 spiro atoms. The average molecular weight is 346 g/mol. The van der Waals surface area contributed by atoms with E-state index in [0.717, 1.165) is 11.3 Å². The van der Waals surface area contributed by atoms with Crippen molar-refractivity contribution in [2.45, 2.75) is 26.1 Å². The van der Waals surface area contributed by atoms with Crippen molar-refractivity contribution in [2.24, 2.45) is 0 Å². The van der Waals surface area contributed by atoms with Gasteiger partial charge < -0.3 is 24.1 Å². The first kappa shape index (κ1) is 17.4. The number of carbonyl (C=O) groups is 1. The number of nitrogens with zero attached hydrogens (tertiary/aromatic N) is 1. The fourth-order valence-corrected chi connectivity index (χ4v) is 2.77. The Kier molecular flexibility index (Phi) is 5.06. The Morgan fingerprint density at radius 1 is 1.28 bits per heavy atom. The monoisotopic (exact) mass is 346 g/mol. The van der Waals surface area contributed by atoms with E-state index in [2.05, 4.69) is 10.5 Å². The molecular formula is C18H22N2O5. The van der Waals surface area contributed by atoms with Crippen LogP contribution in [0.1, 0.15) is 29.4 Å². The summed E-state index contributed by atoms with van der Waals surface area (Å²) >= 11 is 0. The fourth-order valence-electron chi connectivity index (χ4n) is 2.77. The third-order valence-corrected chi connectivity index (χ3v) is 4.20. The van der Waals surface area contributed by atoms with Gasteiger partial charge in [-0.2, -0.15) is 0 Å². The minimum Gasteiger partial charge on any atom is -0.497 e. The average Bonchev–Trinajstić information content (AvgIpc) is 3.21.